The molecule has 2 aliphatic carbocycles. The van der Waals surface area contributed by atoms with E-state index in [1.54, 1.807) is 5.57 Å². The molecule has 3 aromatic carbocycles. The van der Waals surface area contributed by atoms with Crippen molar-refractivity contribution in [1.29, 1.82) is 0 Å². The highest BCUT2D eigenvalue weighted by Crippen LogP contribution is 2.48. The molecule has 0 amide bonds. The maximum Gasteiger partial charge on any atom is 0.0484 e. The number of benzene rings is 3. The third kappa shape index (κ3) is 3.13. The fourth-order valence-corrected chi connectivity index (χ4v) is 5.65. The number of rotatable bonds is 3. The molecule has 0 radical (unpaired) electrons. The Kier molecular flexibility index (Phi) is 4.53. The quantitative estimate of drug-likeness (QED) is 0.351. The predicted octanol–water partition coefficient (Wildman–Crippen LogP) is 7.34. The number of hydrogen-bond donors (Lipinski definition) is 0. The summed E-state index contributed by atoms with van der Waals surface area (Å²) in [5.74, 6) is 0.719. The van der Waals surface area contributed by atoms with Crippen LogP contribution in [0.25, 0.3) is 16.3 Å². The van der Waals surface area contributed by atoms with E-state index >= 15 is 0 Å². The second kappa shape index (κ2) is 7.67. The van der Waals surface area contributed by atoms with Gasteiger partial charge in [0.1, 0.15) is 0 Å². The van der Waals surface area contributed by atoms with Gasteiger partial charge in [-0.25, -0.2) is 0 Å². The van der Waals surface area contributed by atoms with Gasteiger partial charge >= 0.3 is 0 Å². The Balaban J connectivity index is 1.51. The summed E-state index contributed by atoms with van der Waals surface area (Å²) in [5.41, 5.74) is 8.51. The van der Waals surface area contributed by atoms with Crippen LogP contribution in [-0.4, -0.2) is 4.98 Å². The van der Waals surface area contributed by atoms with Crippen LogP contribution in [0, 0.1) is 5.92 Å². The van der Waals surface area contributed by atoms with Crippen LogP contribution < -0.4 is 0 Å². The number of hydrogen-bond acceptors (Lipinski definition) is 1. The van der Waals surface area contributed by atoms with Crippen LogP contribution in [-0.2, 0) is 6.42 Å². The smallest absolute Gasteiger partial charge is 0.0484 e. The molecule has 2 atom stereocenters. The van der Waals surface area contributed by atoms with E-state index < -0.39 is 0 Å². The highest BCUT2D eigenvalue weighted by Gasteiger charge is 2.33. The number of aryl methyl sites for hydroxylation is 1. The fraction of sp³-hybridized carbons (Fsp3) is 0.167. The van der Waals surface area contributed by atoms with Gasteiger partial charge in [-0.05, 0) is 70.3 Å². The monoisotopic (exact) mass is 399 g/mol. The molecule has 0 saturated carbocycles. The summed E-state index contributed by atoms with van der Waals surface area (Å²) in [6.07, 6.45) is 10.00. The van der Waals surface area contributed by atoms with E-state index in [0.29, 0.717) is 5.92 Å². The van der Waals surface area contributed by atoms with Crippen molar-refractivity contribution in [2.45, 2.75) is 25.2 Å². The SMILES string of the molecule is C1=CC2=C(CCc3c2ccc2ccccc32)C(C(c2ccccc2)c2ccccn2)C1. The van der Waals surface area contributed by atoms with Crippen LogP contribution in [0.5, 0.6) is 0 Å². The standard InChI is InChI=1S/C30H25N/c1-2-10-22(11-3-1)30(29-15-6-7-20-31-29)28-14-8-13-24-26-17-16-21-9-4-5-12-23(21)25(26)18-19-27(24)28/h1-13,15-17,20,28,30H,14,18-19H2. The van der Waals surface area contributed by atoms with Gasteiger partial charge in [0.2, 0.25) is 0 Å². The Morgan fingerprint density at radius 2 is 1.61 bits per heavy atom. The Bertz CT molecular complexity index is 1260. The van der Waals surface area contributed by atoms with Crippen molar-refractivity contribution < 1.29 is 0 Å². The molecule has 1 heteroatoms. The van der Waals surface area contributed by atoms with E-state index in [1.165, 1.54) is 38.7 Å². The Morgan fingerprint density at radius 1 is 0.774 bits per heavy atom. The van der Waals surface area contributed by atoms with Gasteiger partial charge in [-0.3, -0.25) is 4.98 Å². The van der Waals surface area contributed by atoms with Crippen molar-refractivity contribution >= 4 is 16.3 Å². The van der Waals surface area contributed by atoms with Gasteiger partial charge in [0.25, 0.3) is 0 Å². The second-order valence-electron chi connectivity index (χ2n) is 8.64. The average Bonchev–Trinajstić information content (AvgIpc) is 2.85. The normalized spacial score (nSPS) is 18.5. The first-order valence-corrected chi connectivity index (χ1v) is 11.3. The van der Waals surface area contributed by atoms with E-state index in [4.69, 9.17) is 4.98 Å². The summed E-state index contributed by atoms with van der Waals surface area (Å²) in [7, 11) is 0. The lowest BCUT2D eigenvalue weighted by atomic mass is 9.69. The van der Waals surface area contributed by atoms with Crippen molar-refractivity contribution in [1.82, 2.24) is 4.98 Å². The predicted molar refractivity (Wildman–Crippen MR) is 129 cm³/mol. The molecule has 31 heavy (non-hydrogen) atoms. The van der Waals surface area contributed by atoms with E-state index in [2.05, 4.69) is 91.0 Å². The minimum absolute atomic E-state index is 0.277. The minimum atomic E-state index is 0.277. The lowest BCUT2D eigenvalue weighted by molar-refractivity contribution is 0.513. The Morgan fingerprint density at radius 3 is 2.48 bits per heavy atom. The molecule has 1 nitrogen and oxygen atoms in total. The molecule has 2 unspecified atom stereocenters. The molecule has 1 aromatic heterocycles. The zero-order valence-electron chi connectivity index (χ0n) is 17.5. The van der Waals surface area contributed by atoms with Gasteiger partial charge in [-0.2, -0.15) is 0 Å². The Hall–Kier alpha value is -3.45. The first-order valence-electron chi connectivity index (χ1n) is 11.3. The van der Waals surface area contributed by atoms with Gasteiger partial charge in [-0.15, -0.1) is 0 Å². The van der Waals surface area contributed by atoms with Crippen LogP contribution in [0.1, 0.15) is 41.1 Å². The van der Waals surface area contributed by atoms with Crippen molar-refractivity contribution in [3.8, 4) is 0 Å². The van der Waals surface area contributed by atoms with Crippen molar-refractivity contribution in [2.75, 3.05) is 0 Å². The third-order valence-electron chi connectivity index (χ3n) is 7.01. The molecule has 2 aliphatic rings. The lowest BCUT2D eigenvalue weighted by Crippen LogP contribution is -2.22. The van der Waals surface area contributed by atoms with Crippen LogP contribution in [0.15, 0.2) is 109 Å². The topological polar surface area (TPSA) is 12.9 Å². The van der Waals surface area contributed by atoms with Gasteiger partial charge in [-0.1, -0.05) is 90.5 Å². The summed E-state index contributed by atoms with van der Waals surface area (Å²) < 4.78 is 0. The average molecular weight is 400 g/mol. The van der Waals surface area contributed by atoms with E-state index in [9.17, 15) is 0 Å². The second-order valence-corrected chi connectivity index (χ2v) is 8.64. The summed E-state index contributed by atoms with van der Waals surface area (Å²) in [4.78, 5) is 4.81. The molecule has 0 fully saturated rings. The van der Waals surface area contributed by atoms with E-state index in [0.717, 1.165) is 19.3 Å². The first-order chi connectivity index (χ1) is 15.4. The maximum absolute atomic E-state index is 4.81. The molecule has 0 aliphatic heterocycles. The van der Waals surface area contributed by atoms with E-state index in [-0.39, 0.29) is 5.92 Å². The molecule has 0 bridgehead atoms. The van der Waals surface area contributed by atoms with Crippen LogP contribution in [0.2, 0.25) is 0 Å². The zero-order chi connectivity index (χ0) is 20.6. The molecular formula is C30H25N. The first kappa shape index (κ1) is 18.3. The summed E-state index contributed by atoms with van der Waals surface area (Å²) in [5, 5.41) is 2.75. The summed E-state index contributed by atoms with van der Waals surface area (Å²) in [6.45, 7) is 0. The number of allylic oxidation sites excluding steroid dienone is 4. The summed E-state index contributed by atoms with van der Waals surface area (Å²) >= 11 is 0. The highest BCUT2D eigenvalue weighted by atomic mass is 14.7. The van der Waals surface area contributed by atoms with Crippen molar-refractivity contribution in [2.24, 2.45) is 5.92 Å². The lowest BCUT2D eigenvalue weighted by Gasteiger charge is -2.35. The van der Waals surface area contributed by atoms with E-state index in [1.807, 2.05) is 12.3 Å². The molecule has 6 rings (SSSR count). The van der Waals surface area contributed by atoms with Gasteiger partial charge in [0.15, 0.2) is 0 Å². The molecule has 150 valence electrons. The number of fused-ring (bicyclic) bond motifs is 4. The summed E-state index contributed by atoms with van der Waals surface area (Å²) in [6, 6.07) is 30.7. The third-order valence-corrected chi connectivity index (χ3v) is 7.01. The number of nitrogens with zero attached hydrogens (tertiary/aromatic N) is 1. The molecular weight excluding hydrogens is 374 g/mol. The molecule has 1 heterocycles. The molecule has 0 N–H and O–H groups in total. The molecule has 0 spiro atoms. The van der Waals surface area contributed by atoms with Gasteiger partial charge in [0, 0.05) is 17.8 Å². The molecule has 4 aromatic rings. The van der Waals surface area contributed by atoms with Gasteiger partial charge < -0.3 is 0 Å². The van der Waals surface area contributed by atoms with Crippen molar-refractivity contribution in [3.63, 3.8) is 0 Å². The maximum atomic E-state index is 4.81. The molecule has 0 saturated heterocycles. The number of aromatic nitrogens is 1. The highest BCUT2D eigenvalue weighted by molar-refractivity contribution is 5.94. The van der Waals surface area contributed by atoms with Crippen LogP contribution in [0.4, 0.5) is 0 Å². The Labute approximate surface area is 183 Å². The van der Waals surface area contributed by atoms with Crippen LogP contribution in [0.3, 0.4) is 0 Å². The van der Waals surface area contributed by atoms with Crippen LogP contribution >= 0.6 is 0 Å². The number of pyridine rings is 1. The minimum Gasteiger partial charge on any atom is -0.261 e. The zero-order valence-corrected chi connectivity index (χ0v) is 17.5. The van der Waals surface area contributed by atoms with Gasteiger partial charge in [0.05, 0.1) is 0 Å². The fourth-order valence-electron chi connectivity index (χ4n) is 5.65. The van der Waals surface area contributed by atoms with Crippen molar-refractivity contribution in [3.05, 3.63) is 131 Å². The largest absolute Gasteiger partial charge is 0.261 e.